The summed E-state index contributed by atoms with van der Waals surface area (Å²) in [5, 5.41) is 10.7. The van der Waals surface area contributed by atoms with Crippen molar-refractivity contribution in [2.75, 3.05) is 0 Å². The fourth-order valence-corrected chi connectivity index (χ4v) is 3.21. The summed E-state index contributed by atoms with van der Waals surface area (Å²) >= 11 is 0. The van der Waals surface area contributed by atoms with Crippen LogP contribution in [0.25, 0.3) is 0 Å². The molecule has 0 saturated carbocycles. The second kappa shape index (κ2) is 5.44. The minimum absolute atomic E-state index is 0.367. The van der Waals surface area contributed by atoms with Gasteiger partial charge in [0.2, 0.25) is 0 Å². The number of fused-ring (bicyclic) bond motifs is 1. The second-order valence-corrected chi connectivity index (χ2v) is 6.16. The first-order valence-electron chi connectivity index (χ1n) is 7.34. The van der Waals surface area contributed by atoms with E-state index in [0.29, 0.717) is 11.8 Å². The molecule has 0 saturated heterocycles. The van der Waals surface area contributed by atoms with Gasteiger partial charge in [-0.2, -0.15) is 0 Å². The summed E-state index contributed by atoms with van der Waals surface area (Å²) in [5.74, 6) is 0.908. The van der Waals surface area contributed by atoms with Crippen LogP contribution in [0, 0.1) is 5.92 Å². The van der Waals surface area contributed by atoms with Crippen molar-refractivity contribution in [3.63, 3.8) is 0 Å². The zero-order chi connectivity index (χ0) is 13.2. The molecule has 0 radical (unpaired) electrons. The van der Waals surface area contributed by atoms with Crippen LogP contribution in [0.15, 0.2) is 24.3 Å². The fraction of sp³-hybridized carbons (Fsp3) is 0.647. The Morgan fingerprint density at radius 1 is 1.39 bits per heavy atom. The minimum Gasteiger partial charge on any atom is -0.390 e. The summed E-state index contributed by atoms with van der Waals surface area (Å²) in [7, 11) is 0. The van der Waals surface area contributed by atoms with E-state index in [0.717, 1.165) is 12.8 Å². The van der Waals surface area contributed by atoms with Crippen LogP contribution < -0.4 is 0 Å². The van der Waals surface area contributed by atoms with Gasteiger partial charge >= 0.3 is 0 Å². The number of aryl methyl sites for hydroxylation is 1. The lowest BCUT2D eigenvalue weighted by Crippen LogP contribution is -2.35. The van der Waals surface area contributed by atoms with Gasteiger partial charge in [0.05, 0.1) is 5.60 Å². The van der Waals surface area contributed by atoms with E-state index in [9.17, 15) is 5.11 Å². The van der Waals surface area contributed by atoms with E-state index >= 15 is 0 Å². The van der Waals surface area contributed by atoms with Gasteiger partial charge in [0.15, 0.2) is 0 Å². The molecule has 0 spiro atoms. The Labute approximate surface area is 111 Å². The fourth-order valence-electron chi connectivity index (χ4n) is 3.21. The van der Waals surface area contributed by atoms with Crippen molar-refractivity contribution in [2.45, 2.75) is 64.4 Å². The van der Waals surface area contributed by atoms with Crippen LogP contribution in [0.2, 0.25) is 0 Å². The average molecular weight is 246 g/mol. The molecule has 0 amide bonds. The molecule has 100 valence electrons. The van der Waals surface area contributed by atoms with Crippen molar-refractivity contribution >= 4 is 0 Å². The Hall–Kier alpha value is -0.820. The molecule has 1 nitrogen and oxygen atoms in total. The van der Waals surface area contributed by atoms with Crippen LogP contribution in [-0.2, 0) is 6.42 Å². The van der Waals surface area contributed by atoms with Crippen molar-refractivity contribution in [2.24, 2.45) is 5.92 Å². The van der Waals surface area contributed by atoms with Crippen molar-refractivity contribution in [3.8, 4) is 0 Å². The smallest absolute Gasteiger partial charge is 0.0650 e. The maximum absolute atomic E-state index is 10.7. The molecule has 3 atom stereocenters. The normalized spacial score (nSPS) is 24.1. The Morgan fingerprint density at radius 3 is 2.83 bits per heavy atom. The summed E-state index contributed by atoms with van der Waals surface area (Å²) in [4.78, 5) is 0. The number of rotatable bonds is 4. The summed E-state index contributed by atoms with van der Waals surface area (Å²) in [6.07, 6.45) is 5.64. The zero-order valence-corrected chi connectivity index (χ0v) is 11.9. The Bertz CT molecular complexity index is 394. The third-order valence-corrected chi connectivity index (χ3v) is 4.83. The molecule has 1 N–H and O–H groups in total. The maximum atomic E-state index is 10.7. The van der Waals surface area contributed by atoms with Crippen molar-refractivity contribution in [1.29, 1.82) is 0 Å². The first-order valence-corrected chi connectivity index (χ1v) is 7.34. The van der Waals surface area contributed by atoms with Gasteiger partial charge in [-0.3, -0.25) is 0 Å². The molecule has 2 rings (SSSR count). The van der Waals surface area contributed by atoms with E-state index in [1.54, 1.807) is 0 Å². The number of aliphatic hydroxyl groups is 1. The van der Waals surface area contributed by atoms with E-state index in [1.165, 1.54) is 30.4 Å². The van der Waals surface area contributed by atoms with E-state index in [4.69, 9.17) is 0 Å². The number of hydrogen-bond donors (Lipinski definition) is 1. The van der Waals surface area contributed by atoms with Crippen molar-refractivity contribution in [1.82, 2.24) is 0 Å². The zero-order valence-electron chi connectivity index (χ0n) is 11.9. The monoisotopic (exact) mass is 246 g/mol. The molecule has 3 unspecified atom stereocenters. The predicted molar refractivity (Wildman–Crippen MR) is 76.8 cm³/mol. The largest absolute Gasteiger partial charge is 0.390 e. The Balaban J connectivity index is 2.16. The molecule has 18 heavy (non-hydrogen) atoms. The van der Waals surface area contributed by atoms with Crippen LogP contribution in [-0.4, -0.2) is 10.7 Å². The highest BCUT2D eigenvalue weighted by Gasteiger charge is 2.32. The molecule has 0 bridgehead atoms. The number of benzene rings is 1. The van der Waals surface area contributed by atoms with Crippen LogP contribution in [0.5, 0.6) is 0 Å². The van der Waals surface area contributed by atoms with E-state index in [-0.39, 0.29) is 0 Å². The molecule has 1 aromatic carbocycles. The highest BCUT2D eigenvalue weighted by molar-refractivity contribution is 5.32. The van der Waals surface area contributed by atoms with Gasteiger partial charge < -0.3 is 5.11 Å². The summed E-state index contributed by atoms with van der Waals surface area (Å²) in [6.45, 7) is 6.33. The van der Waals surface area contributed by atoms with Gasteiger partial charge in [-0.05, 0) is 55.6 Å². The molecule has 0 fully saturated rings. The molecule has 1 aliphatic rings. The predicted octanol–water partition coefficient (Wildman–Crippen LogP) is 4.29. The molecule has 0 aromatic heterocycles. The highest BCUT2D eigenvalue weighted by atomic mass is 16.3. The first kappa shape index (κ1) is 13.6. The lowest BCUT2D eigenvalue weighted by molar-refractivity contribution is -0.0107. The van der Waals surface area contributed by atoms with Crippen LogP contribution >= 0.6 is 0 Å². The molecule has 1 aliphatic carbocycles. The Kier molecular flexibility index (Phi) is 4.11. The van der Waals surface area contributed by atoms with E-state index < -0.39 is 5.60 Å². The topological polar surface area (TPSA) is 20.2 Å². The maximum Gasteiger partial charge on any atom is 0.0650 e. The third kappa shape index (κ3) is 2.77. The van der Waals surface area contributed by atoms with Gasteiger partial charge in [-0.25, -0.2) is 0 Å². The summed E-state index contributed by atoms with van der Waals surface area (Å²) in [5.41, 5.74) is 2.44. The van der Waals surface area contributed by atoms with Gasteiger partial charge in [0.1, 0.15) is 0 Å². The molecular weight excluding hydrogens is 220 g/mol. The standard InChI is InChI=1S/C17H26O/c1-4-13(2)17(3,18)12-15-10-7-9-14-8-5-6-11-16(14)15/h5-6,8,11,13,15,18H,4,7,9-10,12H2,1-3H3. The first-order chi connectivity index (χ1) is 8.54. The molecule has 1 aromatic rings. The summed E-state index contributed by atoms with van der Waals surface area (Å²) in [6, 6.07) is 8.77. The van der Waals surface area contributed by atoms with Crippen molar-refractivity contribution in [3.05, 3.63) is 35.4 Å². The lowest BCUT2D eigenvalue weighted by Gasteiger charge is -2.36. The van der Waals surface area contributed by atoms with Crippen LogP contribution in [0.4, 0.5) is 0 Å². The molecule has 0 heterocycles. The molecule has 0 aliphatic heterocycles. The SMILES string of the molecule is CCC(C)C(C)(O)CC1CCCc2ccccc21. The quantitative estimate of drug-likeness (QED) is 0.840. The number of hydrogen-bond acceptors (Lipinski definition) is 1. The summed E-state index contributed by atoms with van der Waals surface area (Å²) < 4.78 is 0. The van der Waals surface area contributed by atoms with Gasteiger partial charge in [-0.1, -0.05) is 44.5 Å². The molecular formula is C17H26O. The van der Waals surface area contributed by atoms with Gasteiger partial charge in [0.25, 0.3) is 0 Å². The van der Waals surface area contributed by atoms with E-state index in [1.807, 2.05) is 6.92 Å². The second-order valence-electron chi connectivity index (χ2n) is 6.16. The third-order valence-electron chi connectivity index (χ3n) is 4.83. The minimum atomic E-state index is -0.538. The van der Waals surface area contributed by atoms with Crippen LogP contribution in [0.1, 0.15) is 63.5 Å². The highest BCUT2D eigenvalue weighted by Crippen LogP contribution is 2.39. The van der Waals surface area contributed by atoms with Gasteiger partial charge in [-0.15, -0.1) is 0 Å². The van der Waals surface area contributed by atoms with Crippen molar-refractivity contribution < 1.29 is 5.11 Å². The average Bonchev–Trinajstić information content (AvgIpc) is 2.38. The van der Waals surface area contributed by atoms with E-state index in [2.05, 4.69) is 38.1 Å². The van der Waals surface area contributed by atoms with Gasteiger partial charge in [0, 0.05) is 0 Å². The van der Waals surface area contributed by atoms with Crippen LogP contribution in [0.3, 0.4) is 0 Å². The lowest BCUT2D eigenvalue weighted by atomic mass is 9.74. The Morgan fingerprint density at radius 2 is 2.11 bits per heavy atom. The molecule has 1 heteroatoms.